The SMILES string of the molecule is CC1CN(S(=O)(=O)c2ccc(-c3ccccc3)cc2)CCN1S(=O)(=O)c1ccc(-c2ccccc2)cc1. The van der Waals surface area contributed by atoms with Gasteiger partial charge in [0.1, 0.15) is 0 Å². The summed E-state index contributed by atoms with van der Waals surface area (Å²) in [6.45, 7) is 2.01. The van der Waals surface area contributed by atoms with E-state index in [9.17, 15) is 16.8 Å². The number of hydrogen-bond acceptors (Lipinski definition) is 4. The molecule has 0 radical (unpaired) electrons. The van der Waals surface area contributed by atoms with Crippen molar-refractivity contribution < 1.29 is 16.8 Å². The Bertz CT molecular complexity index is 1570. The summed E-state index contributed by atoms with van der Waals surface area (Å²) in [5, 5.41) is 0. The maximum atomic E-state index is 13.4. The van der Waals surface area contributed by atoms with Crippen LogP contribution in [0.2, 0.25) is 0 Å². The van der Waals surface area contributed by atoms with Crippen molar-refractivity contribution >= 4 is 20.0 Å². The molecule has 0 aliphatic carbocycles. The van der Waals surface area contributed by atoms with Crippen molar-refractivity contribution in [3.05, 3.63) is 109 Å². The van der Waals surface area contributed by atoms with Crippen LogP contribution in [-0.2, 0) is 20.0 Å². The van der Waals surface area contributed by atoms with Gasteiger partial charge in [0.25, 0.3) is 0 Å². The number of sulfonamides is 2. The predicted molar refractivity (Wildman–Crippen MR) is 146 cm³/mol. The lowest BCUT2D eigenvalue weighted by Gasteiger charge is -2.38. The van der Waals surface area contributed by atoms with Crippen LogP contribution >= 0.6 is 0 Å². The lowest BCUT2D eigenvalue weighted by Crippen LogP contribution is -2.55. The van der Waals surface area contributed by atoms with Crippen LogP contribution in [-0.4, -0.2) is 51.1 Å². The molecule has 37 heavy (non-hydrogen) atoms. The van der Waals surface area contributed by atoms with Gasteiger partial charge < -0.3 is 0 Å². The summed E-state index contributed by atoms with van der Waals surface area (Å²) >= 11 is 0. The van der Waals surface area contributed by atoms with Crippen LogP contribution in [0.15, 0.2) is 119 Å². The lowest BCUT2D eigenvalue weighted by atomic mass is 10.1. The molecule has 0 bridgehead atoms. The Balaban J connectivity index is 1.30. The number of benzene rings is 4. The third kappa shape index (κ3) is 5.10. The molecular weight excluding hydrogens is 504 g/mol. The van der Waals surface area contributed by atoms with Gasteiger partial charge in [-0.15, -0.1) is 0 Å². The molecule has 0 aromatic heterocycles. The zero-order valence-corrected chi connectivity index (χ0v) is 22.1. The van der Waals surface area contributed by atoms with Gasteiger partial charge in [-0.05, 0) is 53.4 Å². The van der Waals surface area contributed by atoms with E-state index in [1.807, 2.05) is 60.7 Å². The van der Waals surface area contributed by atoms with Crippen LogP contribution in [0.5, 0.6) is 0 Å². The van der Waals surface area contributed by atoms with Crippen molar-refractivity contribution in [3.63, 3.8) is 0 Å². The highest BCUT2D eigenvalue weighted by molar-refractivity contribution is 7.89. The molecule has 4 aromatic rings. The van der Waals surface area contributed by atoms with Crippen LogP contribution in [0.1, 0.15) is 6.92 Å². The van der Waals surface area contributed by atoms with Crippen molar-refractivity contribution in [2.24, 2.45) is 0 Å². The Morgan fingerprint density at radius 1 is 0.541 bits per heavy atom. The van der Waals surface area contributed by atoms with Crippen molar-refractivity contribution in [3.8, 4) is 22.3 Å². The molecule has 1 heterocycles. The zero-order chi connectivity index (χ0) is 26.0. The summed E-state index contributed by atoms with van der Waals surface area (Å²) < 4.78 is 56.3. The molecule has 1 fully saturated rings. The van der Waals surface area contributed by atoms with Gasteiger partial charge in [-0.2, -0.15) is 8.61 Å². The molecule has 1 unspecified atom stereocenters. The molecule has 4 aromatic carbocycles. The number of piperazine rings is 1. The maximum Gasteiger partial charge on any atom is 0.243 e. The molecule has 1 aliphatic rings. The molecular formula is C29H28N2O4S2. The zero-order valence-electron chi connectivity index (χ0n) is 20.4. The lowest BCUT2D eigenvalue weighted by molar-refractivity contribution is 0.212. The van der Waals surface area contributed by atoms with Crippen LogP contribution in [0.3, 0.4) is 0 Å². The second-order valence-electron chi connectivity index (χ2n) is 9.11. The second kappa shape index (κ2) is 10.2. The first kappa shape index (κ1) is 25.4. The normalized spacial score (nSPS) is 17.5. The third-order valence-corrected chi connectivity index (χ3v) is 10.6. The smallest absolute Gasteiger partial charge is 0.207 e. The highest BCUT2D eigenvalue weighted by atomic mass is 32.2. The quantitative estimate of drug-likeness (QED) is 0.346. The first-order chi connectivity index (χ1) is 17.8. The fraction of sp³-hybridized carbons (Fsp3) is 0.172. The first-order valence-electron chi connectivity index (χ1n) is 12.1. The van der Waals surface area contributed by atoms with Crippen molar-refractivity contribution in [2.75, 3.05) is 19.6 Å². The summed E-state index contributed by atoms with van der Waals surface area (Å²) in [5.41, 5.74) is 3.88. The summed E-state index contributed by atoms with van der Waals surface area (Å²) in [4.78, 5) is 0.402. The summed E-state index contributed by atoms with van der Waals surface area (Å²) in [7, 11) is -7.52. The molecule has 0 spiro atoms. The van der Waals surface area contributed by atoms with Gasteiger partial charge in [-0.25, -0.2) is 16.8 Å². The average molecular weight is 533 g/mol. The molecule has 5 rings (SSSR count). The minimum absolute atomic E-state index is 0.0874. The van der Waals surface area contributed by atoms with E-state index < -0.39 is 26.1 Å². The van der Waals surface area contributed by atoms with Crippen molar-refractivity contribution in [2.45, 2.75) is 22.8 Å². The van der Waals surface area contributed by atoms with E-state index >= 15 is 0 Å². The fourth-order valence-corrected chi connectivity index (χ4v) is 7.79. The van der Waals surface area contributed by atoms with E-state index in [0.29, 0.717) is 0 Å². The minimum Gasteiger partial charge on any atom is -0.207 e. The topological polar surface area (TPSA) is 74.8 Å². The van der Waals surface area contributed by atoms with Gasteiger partial charge in [0, 0.05) is 25.7 Å². The molecule has 0 N–H and O–H groups in total. The highest BCUT2D eigenvalue weighted by Crippen LogP contribution is 2.28. The molecule has 0 saturated carbocycles. The van der Waals surface area contributed by atoms with E-state index in [0.717, 1.165) is 22.3 Å². The van der Waals surface area contributed by atoms with E-state index in [1.54, 1.807) is 55.5 Å². The summed E-state index contributed by atoms with van der Waals surface area (Å²) in [6.07, 6.45) is 0. The van der Waals surface area contributed by atoms with Gasteiger partial charge in [0.15, 0.2) is 0 Å². The standard InChI is InChI=1S/C29H28N2O4S2/c1-23-22-30(36(32,33)28-16-12-26(13-17-28)24-8-4-2-5-9-24)20-21-31(23)37(34,35)29-18-14-27(15-19-29)25-10-6-3-7-11-25/h2-19,23H,20-22H2,1H3. The Morgan fingerprint density at radius 3 is 1.38 bits per heavy atom. The largest absolute Gasteiger partial charge is 0.243 e. The second-order valence-corrected chi connectivity index (χ2v) is 12.9. The van der Waals surface area contributed by atoms with Gasteiger partial charge in [-0.3, -0.25) is 0 Å². The predicted octanol–water partition coefficient (Wildman–Crippen LogP) is 5.10. The van der Waals surface area contributed by atoms with E-state index in [-0.39, 0.29) is 29.4 Å². The molecule has 1 saturated heterocycles. The Labute approximate surface area is 218 Å². The molecule has 6 nitrogen and oxygen atoms in total. The third-order valence-electron chi connectivity index (χ3n) is 6.70. The number of rotatable bonds is 6. The molecule has 8 heteroatoms. The molecule has 190 valence electrons. The number of nitrogens with zero attached hydrogens (tertiary/aromatic N) is 2. The fourth-order valence-electron chi connectivity index (χ4n) is 4.67. The molecule has 1 atom stereocenters. The van der Waals surface area contributed by atoms with Crippen LogP contribution in [0.25, 0.3) is 22.3 Å². The van der Waals surface area contributed by atoms with E-state index in [2.05, 4.69) is 0 Å². The van der Waals surface area contributed by atoms with E-state index in [4.69, 9.17) is 0 Å². The Hall–Kier alpha value is -3.30. The summed E-state index contributed by atoms with van der Waals surface area (Å²) in [5.74, 6) is 0. The van der Waals surface area contributed by atoms with Crippen molar-refractivity contribution in [1.82, 2.24) is 8.61 Å². The summed E-state index contributed by atoms with van der Waals surface area (Å²) in [6, 6.07) is 32.6. The van der Waals surface area contributed by atoms with Gasteiger partial charge in [-0.1, -0.05) is 84.9 Å². The minimum atomic E-state index is -3.77. The van der Waals surface area contributed by atoms with Crippen molar-refractivity contribution in [1.29, 1.82) is 0 Å². The first-order valence-corrected chi connectivity index (χ1v) is 15.0. The maximum absolute atomic E-state index is 13.4. The Morgan fingerprint density at radius 2 is 0.946 bits per heavy atom. The highest BCUT2D eigenvalue weighted by Gasteiger charge is 2.38. The van der Waals surface area contributed by atoms with Crippen LogP contribution in [0, 0.1) is 0 Å². The molecule has 0 amide bonds. The average Bonchev–Trinajstić information content (AvgIpc) is 2.94. The van der Waals surface area contributed by atoms with E-state index in [1.165, 1.54) is 8.61 Å². The van der Waals surface area contributed by atoms with Gasteiger partial charge in [0.05, 0.1) is 9.79 Å². The van der Waals surface area contributed by atoms with Gasteiger partial charge in [0.2, 0.25) is 20.0 Å². The number of hydrogen-bond donors (Lipinski definition) is 0. The monoisotopic (exact) mass is 532 g/mol. The van der Waals surface area contributed by atoms with Crippen LogP contribution < -0.4 is 0 Å². The Kier molecular flexibility index (Phi) is 7.00. The van der Waals surface area contributed by atoms with Gasteiger partial charge >= 0.3 is 0 Å². The molecule has 1 aliphatic heterocycles. The van der Waals surface area contributed by atoms with Crippen LogP contribution in [0.4, 0.5) is 0 Å².